The molecule has 3 heterocycles. The van der Waals surface area contributed by atoms with E-state index in [4.69, 9.17) is 4.74 Å². The summed E-state index contributed by atoms with van der Waals surface area (Å²) < 4.78 is 5.79. The predicted octanol–water partition coefficient (Wildman–Crippen LogP) is 2.82. The fourth-order valence-corrected chi connectivity index (χ4v) is 3.94. The normalized spacial score (nSPS) is 24.8. The van der Waals surface area contributed by atoms with Crippen molar-refractivity contribution >= 4 is 5.91 Å². The zero-order valence-electron chi connectivity index (χ0n) is 15.1. The van der Waals surface area contributed by atoms with E-state index in [0.29, 0.717) is 36.1 Å². The molecule has 0 unspecified atom stereocenters. The first-order valence-electron chi connectivity index (χ1n) is 9.17. The Morgan fingerprint density at radius 1 is 1.29 bits per heavy atom. The average Bonchev–Trinajstić information content (AvgIpc) is 3.20. The van der Waals surface area contributed by atoms with Crippen molar-refractivity contribution in [2.45, 2.75) is 51.6 Å². The molecule has 0 saturated carbocycles. The van der Waals surface area contributed by atoms with Crippen molar-refractivity contribution < 1.29 is 9.53 Å². The van der Waals surface area contributed by atoms with Gasteiger partial charge in [-0.05, 0) is 57.3 Å². The number of carbonyl (C=O) groups excluding carboxylic acids is 1. The van der Waals surface area contributed by atoms with Gasteiger partial charge in [0.2, 0.25) is 5.88 Å². The van der Waals surface area contributed by atoms with Gasteiger partial charge in [0.05, 0.1) is 6.61 Å². The molecule has 1 amide bonds. The minimum Gasteiger partial charge on any atom is -0.477 e. The maximum atomic E-state index is 13.2. The second-order valence-corrected chi connectivity index (χ2v) is 7.46. The van der Waals surface area contributed by atoms with E-state index in [2.05, 4.69) is 35.7 Å². The smallest absolute Gasteiger partial charge is 0.259 e. The summed E-state index contributed by atoms with van der Waals surface area (Å²) in [6.07, 6.45) is 6.30. The van der Waals surface area contributed by atoms with E-state index in [0.717, 1.165) is 25.9 Å². The van der Waals surface area contributed by atoms with Crippen LogP contribution >= 0.6 is 0 Å². The minimum atomic E-state index is 0.0738. The summed E-state index contributed by atoms with van der Waals surface area (Å²) in [7, 11) is 2.18. The lowest BCUT2D eigenvalue weighted by molar-refractivity contribution is 0.0658. The molecule has 0 aromatic carbocycles. The van der Waals surface area contributed by atoms with Crippen molar-refractivity contribution in [3.8, 4) is 5.88 Å². The first-order valence-corrected chi connectivity index (χ1v) is 9.17. The number of hydrogen-bond donors (Lipinski definition) is 0. The number of aromatic nitrogens is 1. The summed E-state index contributed by atoms with van der Waals surface area (Å²) in [6.45, 7) is 6.74. The van der Waals surface area contributed by atoms with Gasteiger partial charge in [0.25, 0.3) is 5.91 Å². The summed E-state index contributed by atoms with van der Waals surface area (Å²) in [6, 6.07) is 4.48. The molecule has 24 heavy (non-hydrogen) atoms. The monoisotopic (exact) mass is 331 g/mol. The van der Waals surface area contributed by atoms with Crippen molar-refractivity contribution in [1.29, 1.82) is 0 Å². The van der Waals surface area contributed by atoms with Gasteiger partial charge in [0.1, 0.15) is 5.56 Å². The van der Waals surface area contributed by atoms with E-state index in [-0.39, 0.29) is 5.91 Å². The molecule has 2 aliphatic rings. The number of amides is 1. The highest BCUT2D eigenvalue weighted by molar-refractivity contribution is 5.96. The molecule has 0 radical (unpaired) electrons. The molecule has 2 atom stereocenters. The highest BCUT2D eigenvalue weighted by Crippen LogP contribution is 2.31. The topological polar surface area (TPSA) is 45.7 Å². The molecule has 3 rings (SSSR count). The van der Waals surface area contributed by atoms with Crippen LogP contribution in [0.4, 0.5) is 0 Å². The summed E-state index contributed by atoms with van der Waals surface area (Å²) in [5.74, 6) is 0.952. The van der Waals surface area contributed by atoms with Gasteiger partial charge in [-0.15, -0.1) is 0 Å². The quantitative estimate of drug-likeness (QED) is 0.832. The van der Waals surface area contributed by atoms with E-state index in [1.165, 1.54) is 12.8 Å². The van der Waals surface area contributed by atoms with E-state index < -0.39 is 0 Å². The second-order valence-electron chi connectivity index (χ2n) is 7.46. The standard InChI is InChI=1S/C19H29N3O2/c1-14(2)13-24-18-15(7-4-10-20-18)19(23)22-12-6-9-17(22)16-8-5-11-21(16)3/h4,7,10,14,16-17H,5-6,8-9,11-13H2,1-3H3/t16-,17+/m1/s1. The molecule has 2 saturated heterocycles. The van der Waals surface area contributed by atoms with Gasteiger partial charge in [-0.25, -0.2) is 4.98 Å². The van der Waals surface area contributed by atoms with Crippen LogP contribution in [0.15, 0.2) is 18.3 Å². The van der Waals surface area contributed by atoms with Crippen molar-refractivity contribution in [2.24, 2.45) is 5.92 Å². The Hall–Kier alpha value is -1.62. The highest BCUT2D eigenvalue weighted by atomic mass is 16.5. The van der Waals surface area contributed by atoms with E-state index in [1.54, 1.807) is 6.20 Å². The molecular weight excluding hydrogens is 302 g/mol. The molecular formula is C19H29N3O2. The SMILES string of the molecule is CC(C)COc1ncccc1C(=O)N1CCC[C@H]1[C@H]1CCCN1C. The molecule has 0 aliphatic carbocycles. The van der Waals surface area contributed by atoms with Crippen molar-refractivity contribution in [1.82, 2.24) is 14.8 Å². The van der Waals surface area contributed by atoms with Gasteiger partial charge >= 0.3 is 0 Å². The Morgan fingerprint density at radius 2 is 2.04 bits per heavy atom. The molecule has 1 aromatic rings. The molecule has 2 fully saturated rings. The predicted molar refractivity (Wildman–Crippen MR) is 94.3 cm³/mol. The lowest BCUT2D eigenvalue weighted by atomic mass is 10.0. The molecule has 5 nitrogen and oxygen atoms in total. The fourth-order valence-electron chi connectivity index (χ4n) is 3.94. The van der Waals surface area contributed by atoms with Crippen LogP contribution in [0.2, 0.25) is 0 Å². The van der Waals surface area contributed by atoms with Crippen LogP contribution in [0, 0.1) is 5.92 Å². The largest absolute Gasteiger partial charge is 0.477 e. The second kappa shape index (κ2) is 7.51. The number of pyridine rings is 1. The van der Waals surface area contributed by atoms with Crippen molar-refractivity contribution in [3.05, 3.63) is 23.9 Å². The van der Waals surface area contributed by atoms with Crippen LogP contribution in [-0.4, -0.2) is 59.5 Å². The fraction of sp³-hybridized carbons (Fsp3) is 0.684. The lowest BCUT2D eigenvalue weighted by Gasteiger charge is -2.33. The van der Waals surface area contributed by atoms with Gasteiger partial charge in [-0.2, -0.15) is 0 Å². The number of likely N-dealkylation sites (tertiary alicyclic amines) is 2. The highest BCUT2D eigenvalue weighted by Gasteiger charge is 2.39. The Labute approximate surface area is 145 Å². The zero-order chi connectivity index (χ0) is 17.1. The number of likely N-dealkylation sites (N-methyl/N-ethyl adjacent to an activating group) is 1. The first-order chi connectivity index (χ1) is 11.6. The number of ether oxygens (including phenoxy) is 1. The lowest BCUT2D eigenvalue weighted by Crippen LogP contribution is -2.47. The molecule has 0 spiro atoms. The Morgan fingerprint density at radius 3 is 2.75 bits per heavy atom. The summed E-state index contributed by atoms with van der Waals surface area (Å²) >= 11 is 0. The summed E-state index contributed by atoms with van der Waals surface area (Å²) in [4.78, 5) is 21.9. The Kier molecular flexibility index (Phi) is 5.39. The van der Waals surface area contributed by atoms with Crippen LogP contribution in [-0.2, 0) is 0 Å². The number of carbonyl (C=O) groups is 1. The first kappa shape index (κ1) is 17.2. The third kappa shape index (κ3) is 3.56. The van der Waals surface area contributed by atoms with E-state index in [1.807, 2.05) is 12.1 Å². The molecule has 1 aromatic heterocycles. The van der Waals surface area contributed by atoms with Crippen molar-refractivity contribution in [3.63, 3.8) is 0 Å². The van der Waals surface area contributed by atoms with Crippen LogP contribution in [0.1, 0.15) is 49.9 Å². The molecule has 5 heteroatoms. The molecule has 0 N–H and O–H groups in total. The van der Waals surface area contributed by atoms with Gasteiger partial charge in [-0.3, -0.25) is 4.79 Å². The van der Waals surface area contributed by atoms with Gasteiger partial charge < -0.3 is 14.5 Å². The zero-order valence-corrected chi connectivity index (χ0v) is 15.1. The maximum Gasteiger partial charge on any atom is 0.259 e. The average molecular weight is 331 g/mol. The Balaban J connectivity index is 1.78. The minimum absolute atomic E-state index is 0.0738. The van der Waals surface area contributed by atoms with Gasteiger partial charge in [-0.1, -0.05) is 13.8 Å². The molecule has 0 bridgehead atoms. The maximum absolute atomic E-state index is 13.2. The van der Waals surface area contributed by atoms with Gasteiger partial charge in [0, 0.05) is 24.8 Å². The van der Waals surface area contributed by atoms with Crippen LogP contribution in [0.3, 0.4) is 0 Å². The third-order valence-electron chi connectivity index (χ3n) is 5.14. The number of rotatable bonds is 5. The van der Waals surface area contributed by atoms with E-state index >= 15 is 0 Å². The summed E-state index contributed by atoms with van der Waals surface area (Å²) in [5, 5.41) is 0. The van der Waals surface area contributed by atoms with E-state index in [9.17, 15) is 4.79 Å². The van der Waals surface area contributed by atoms with Crippen LogP contribution in [0.25, 0.3) is 0 Å². The van der Waals surface area contributed by atoms with Crippen LogP contribution in [0.5, 0.6) is 5.88 Å². The van der Waals surface area contributed by atoms with Crippen LogP contribution < -0.4 is 4.74 Å². The number of nitrogens with zero attached hydrogens (tertiary/aromatic N) is 3. The van der Waals surface area contributed by atoms with Gasteiger partial charge in [0.15, 0.2) is 0 Å². The van der Waals surface area contributed by atoms with Crippen molar-refractivity contribution in [2.75, 3.05) is 26.7 Å². The third-order valence-corrected chi connectivity index (χ3v) is 5.14. The molecule has 2 aliphatic heterocycles. The molecule has 132 valence electrons. The Bertz CT molecular complexity index is 575. The number of hydrogen-bond acceptors (Lipinski definition) is 4. The summed E-state index contributed by atoms with van der Waals surface area (Å²) in [5.41, 5.74) is 0.602.